The van der Waals surface area contributed by atoms with E-state index in [1.807, 2.05) is 30.7 Å². The summed E-state index contributed by atoms with van der Waals surface area (Å²) < 4.78 is 2.76. The SMILES string of the molecule is CCc1c(C=O)c2ccc(Br)nc2n1C. The molecule has 78 valence electrons. The Morgan fingerprint density at radius 1 is 1.53 bits per heavy atom. The molecule has 3 nitrogen and oxygen atoms in total. The fourth-order valence-electron chi connectivity index (χ4n) is 1.91. The molecule has 0 bridgehead atoms. The van der Waals surface area contributed by atoms with Crippen LogP contribution in [0.1, 0.15) is 23.0 Å². The molecule has 4 heteroatoms. The summed E-state index contributed by atoms with van der Waals surface area (Å²) >= 11 is 3.33. The Labute approximate surface area is 96.2 Å². The molecule has 0 spiro atoms. The van der Waals surface area contributed by atoms with Crippen molar-refractivity contribution in [2.75, 3.05) is 0 Å². The molecule has 0 aliphatic heterocycles. The number of carbonyl (C=O) groups is 1. The number of aryl methyl sites for hydroxylation is 1. The molecule has 0 radical (unpaired) electrons. The second kappa shape index (κ2) is 3.77. The Morgan fingerprint density at radius 2 is 2.27 bits per heavy atom. The van der Waals surface area contributed by atoms with E-state index in [4.69, 9.17) is 0 Å². The summed E-state index contributed by atoms with van der Waals surface area (Å²) in [6.45, 7) is 2.04. The van der Waals surface area contributed by atoms with Crippen LogP contribution in [0.25, 0.3) is 11.0 Å². The van der Waals surface area contributed by atoms with E-state index < -0.39 is 0 Å². The van der Waals surface area contributed by atoms with Gasteiger partial charge in [-0.1, -0.05) is 6.92 Å². The molecule has 2 aromatic heterocycles. The van der Waals surface area contributed by atoms with E-state index in [0.717, 1.165) is 39.6 Å². The van der Waals surface area contributed by atoms with Gasteiger partial charge in [-0.15, -0.1) is 0 Å². The lowest BCUT2D eigenvalue weighted by Crippen LogP contribution is -1.97. The smallest absolute Gasteiger partial charge is 0.152 e. The standard InChI is InChI=1S/C11H11BrN2O/c1-3-9-8(6-15)7-4-5-10(12)13-11(7)14(9)2/h4-6H,3H2,1-2H3. The predicted octanol–water partition coefficient (Wildman–Crippen LogP) is 2.71. The molecule has 0 N–H and O–H groups in total. The third-order valence-electron chi connectivity index (χ3n) is 2.62. The number of aromatic nitrogens is 2. The van der Waals surface area contributed by atoms with Crippen LogP contribution >= 0.6 is 15.9 Å². The van der Waals surface area contributed by atoms with Crippen molar-refractivity contribution in [1.82, 2.24) is 9.55 Å². The summed E-state index contributed by atoms with van der Waals surface area (Å²) in [6.07, 6.45) is 1.75. The van der Waals surface area contributed by atoms with Gasteiger partial charge in [0.15, 0.2) is 6.29 Å². The maximum atomic E-state index is 11.0. The van der Waals surface area contributed by atoms with Gasteiger partial charge in [0.1, 0.15) is 10.3 Å². The van der Waals surface area contributed by atoms with E-state index in [1.165, 1.54) is 0 Å². The molecule has 0 saturated carbocycles. The average Bonchev–Trinajstić information content (AvgIpc) is 2.51. The molecule has 0 unspecified atom stereocenters. The second-order valence-electron chi connectivity index (χ2n) is 3.40. The number of pyridine rings is 1. The van der Waals surface area contributed by atoms with Crippen molar-refractivity contribution >= 4 is 33.2 Å². The Morgan fingerprint density at radius 3 is 2.87 bits per heavy atom. The number of aldehydes is 1. The van der Waals surface area contributed by atoms with Crippen LogP contribution in [0.2, 0.25) is 0 Å². The third kappa shape index (κ3) is 1.49. The lowest BCUT2D eigenvalue weighted by atomic mass is 10.1. The maximum Gasteiger partial charge on any atom is 0.152 e. The monoisotopic (exact) mass is 266 g/mol. The van der Waals surface area contributed by atoms with Crippen molar-refractivity contribution in [1.29, 1.82) is 0 Å². The largest absolute Gasteiger partial charge is 0.332 e. The van der Waals surface area contributed by atoms with Gasteiger partial charge >= 0.3 is 0 Å². The van der Waals surface area contributed by atoms with Crippen molar-refractivity contribution < 1.29 is 4.79 Å². The number of carbonyl (C=O) groups excluding carboxylic acids is 1. The molecule has 0 aliphatic carbocycles. The predicted molar refractivity (Wildman–Crippen MR) is 63.2 cm³/mol. The van der Waals surface area contributed by atoms with Crippen LogP contribution in [-0.2, 0) is 13.5 Å². The summed E-state index contributed by atoms with van der Waals surface area (Å²) in [5.74, 6) is 0. The van der Waals surface area contributed by atoms with Crippen LogP contribution in [0.15, 0.2) is 16.7 Å². The first-order chi connectivity index (χ1) is 7.19. The van der Waals surface area contributed by atoms with Gasteiger partial charge < -0.3 is 4.57 Å². The molecule has 0 aliphatic rings. The van der Waals surface area contributed by atoms with Gasteiger partial charge in [-0.2, -0.15) is 0 Å². The van der Waals surface area contributed by atoms with Gasteiger partial charge in [0.05, 0.1) is 0 Å². The van der Waals surface area contributed by atoms with Crippen LogP contribution in [-0.4, -0.2) is 15.8 Å². The number of fused-ring (bicyclic) bond motifs is 1. The molecule has 15 heavy (non-hydrogen) atoms. The third-order valence-corrected chi connectivity index (χ3v) is 3.06. The first-order valence-corrected chi connectivity index (χ1v) is 5.57. The molecule has 2 rings (SSSR count). The van der Waals surface area contributed by atoms with Crippen molar-refractivity contribution in [3.8, 4) is 0 Å². The Balaban J connectivity index is 2.90. The zero-order valence-electron chi connectivity index (χ0n) is 8.62. The molecule has 0 amide bonds. The van der Waals surface area contributed by atoms with Gasteiger partial charge in [0.25, 0.3) is 0 Å². The Bertz CT molecular complexity index is 531. The topological polar surface area (TPSA) is 34.9 Å². The van der Waals surface area contributed by atoms with E-state index in [2.05, 4.69) is 20.9 Å². The molecule has 2 heterocycles. The van der Waals surface area contributed by atoms with Crippen LogP contribution in [0.3, 0.4) is 0 Å². The molecule has 0 fully saturated rings. The van der Waals surface area contributed by atoms with Crippen LogP contribution in [0, 0.1) is 0 Å². The summed E-state index contributed by atoms with van der Waals surface area (Å²) in [5.41, 5.74) is 2.64. The summed E-state index contributed by atoms with van der Waals surface area (Å²) in [4.78, 5) is 15.4. The van der Waals surface area contributed by atoms with E-state index in [1.54, 1.807) is 0 Å². The molecular formula is C11H11BrN2O. The van der Waals surface area contributed by atoms with E-state index in [-0.39, 0.29) is 0 Å². The van der Waals surface area contributed by atoms with Crippen LogP contribution in [0.5, 0.6) is 0 Å². The summed E-state index contributed by atoms with van der Waals surface area (Å²) in [5, 5.41) is 0.924. The summed E-state index contributed by atoms with van der Waals surface area (Å²) in [7, 11) is 1.94. The minimum Gasteiger partial charge on any atom is -0.332 e. The zero-order chi connectivity index (χ0) is 11.0. The quantitative estimate of drug-likeness (QED) is 0.619. The van der Waals surface area contributed by atoms with Crippen molar-refractivity contribution in [3.63, 3.8) is 0 Å². The second-order valence-corrected chi connectivity index (χ2v) is 4.21. The summed E-state index contributed by atoms with van der Waals surface area (Å²) in [6, 6.07) is 3.78. The first kappa shape index (κ1) is 10.4. The molecule has 0 saturated heterocycles. The van der Waals surface area contributed by atoms with Crippen molar-refractivity contribution in [2.45, 2.75) is 13.3 Å². The average molecular weight is 267 g/mol. The van der Waals surface area contributed by atoms with Crippen molar-refractivity contribution in [2.24, 2.45) is 7.05 Å². The van der Waals surface area contributed by atoms with Crippen LogP contribution in [0.4, 0.5) is 0 Å². The lowest BCUT2D eigenvalue weighted by Gasteiger charge is -2.00. The lowest BCUT2D eigenvalue weighted by molar-refractivity contribution is 0.112. The minimum absolute atomic E-state index is 0.759. The normalized spacial score (nSPS) is 10.9. The van der Waals surface area contributed by atoms with E-state index >= 15 is 0 Å². The molecule has 2 aromatic rings. The highest BCUT2D eigenvalue weighted by Crippen LogP contribution is 2.24. The van der Waals surface area contributed by atoms with Gasteiger partial charge in [-0.3, -0.25) is 4.79 Å². The fourth-order valence-corrected chi connectivity index (χ4v) is 2.21. The highest BCUT2D eigenvalue weighted by molar-refractivity contribution is 9.10. The highest BCUT2D eigenvalue weighted by Gasteiger charge is 2.13. The number of nitrogens with zero attached hydrogens (tertiary/aromatic N) is 2. The fraction of sp³-hybridized carbons (Fsp3) is 0.273. The van der Waals surface area contributed by atoms with E-state index in [9.17, 15) is 4.79 Å². The Hall–Kier alpha value is -1.16. The number of rotatable bonds is 2. The highest BCUT2D eigenvalue weighted by atomic mass is 79.9. The zero-order valence-corrected chi connectivity index (χ0v) is 10.2. The van der Waals surface area contributed by atoms with Gasteiger partial charge in [0, 0.05) is 23.7 Å². The van der Waals surface area contributed by atoms with Gasteiger partial charge in [-0.25, -0.2) is 4.98 Å². The first-order valence-electron chi connectivity index (χ1n) is 4.78. The number of hydrogen-bond acceptors (Lipinski definition) is 2. The van der Waals surface area contributed by atoms with Crippen molar-refractivity contribution in [3.05, 3.63) is 28.0 Å². The molecule has 0 atom stereocenters. The van der Waals surface area contributed by atoms with E-state index in [0.29, 0.717) is 0 Å². The molecule has 0 aromatic carbocycles. The van der Waals surface area contributed by atoms with Crippen LogP contribution < -0.4 is 0 Å². The minimum atomic E-state index is 0.759. The maximum absolute atomic E-state index is 11.0. The van der Waals surface area contributed by atoms with Gasteiger partial charge in [-0.05, 0) is 34.5 Å². The number of halogens is 1. The van der Waals surface area contributed by atoms with Gasteiger partial charge in [0.2, 0.25) is 0 Å². The number of hydrogen-bond donors (Lipinski definition) is 0. The molecular weight excluding hydrogens is 256 g/mol. The Kier molecular flexibility index (Phi) is 2.61.